The Morgan fingerprint density at radius 3 is 2.23 bits per heavy atom. The quantitative estimate of drug-likeness (QED) is 0.663. The van der Waals surface area contributed by atoms with E-state index < -0.39 is 17.8 Å². The van der Waals surface area contributed by atoms with Crippen LogP contribution >= 0.6 is 11.3 Å². The first-order valence-corrected chi connectivity index (χ1v) is 8.34. The van der Waals surface area contributed by atoms with Crippen LogP contribution in [0.4, 0.5) is 4.39 Å². The summed E-state index contributed by atoms with van der Waals surface area (Å²) in [6.45, 7) is 0. The van der Waals surface area contributed by atoms with E-state index in [4.69, 9.17) is 4.84 Å². The van der Waals surface area contributed by atoms with E-state index in [1.54, 1.807) is 12.1 Å². The lowest BCUT2D eigenvalue weighted by Crippen LogP contribution is -2.32. The molecule has 0 radical (unpaired) electrons. The van der Waals surface area contributed by atoms with Gasteiger partial charge in [0.15, 0.2) is 5.69 Å². The summed E-state index contributed by atoms with van der Waals surface area (Å²) in [4.78, 5) is 45.7. The highest BCUT2D eigenvalue weighted by Gasteiger charge is 2.39. The second-order valence-electron chi connectivity index (χ2n) is 5.37. The van der Waals surface area contributed by atoms with E-state index in [0.29, 0.717) is 15.6 Å². The summed E-state index contributed by atoms with van der Waals surface area (Å²) < 4.78 is 13.0. The summed E-state index contributed by atoms with van der Waals surface area (Å²) in [5.41, 5.74) is 0.938. The molecule has 2 amide bonds. The molecule has 0 bridgehead atoms. The minimum atomic E-state index is -0.927. The third-order valence-electron chi connectivity index (χ3n) is 3.74. The lowest BCUT2D eigenvalue weighted by molar-refractivity contribution is -0.0587. The van der Waals surface area contributed by atoms with Gasteiger partial charge in [0.2, 0.25) is 0 Å². The minimum absolute atomic E-state index is 0.0501. The normalized spacial score (nSPS) is 13.0. The summed E-state index contributed by atoms with van der Waals surface area (Å²) in [7, 11) is 0. The van der Waals surface area contributed by atoms with Gasteiger partial charge in [0.25, 0.3) is 11.8 Å². The smallest absolute Gasteiger partial charge is 0.322 e. The lowest BCUT2D eigenvalue weighted by Gasteiger charge is -2.11. The maximum Gasteiger partial charge on any atom is 0.383 e. The second-order valence-corrected chi connectivity index (χ2v) is 6.23. The van der Waals surface area contributed by atoms with Crippen molar-refractivity contribution in [1.82, 2.24) is 10.0 Å². The van der Waals surface area contributed by atoms with E-state index in [9.17, 15) is 18.8 Å². The second kappa shape index (κ2) is 6.16. The first kappa shape index (κ1) is 16.1. The van der Waals surface area contributed by atoms with Crippen LogP contribution in [-0.4, -0.2) is 27.8 Å². The van der Waals surface area contributed by atoms with Crippen LogP contribution in [0.15, 0.2) is 53.9 Å². The monoisotopic (exact) mass is 368 g/mol. The Hall–Kier alpha value is -3.39. The molecule has 0 saturated heterocycles. The Bertz CT molecular complexity index is 1010. The maximum absolute atomic E-state index is 13.0. The van der Waals surface area contributed by atoms with Crippen LogP contribution in [0.3, 0.4) is 0 Å². The zero-order valence-corrected chi connectivity index (χ0v) is 13.8. The number of thiazole rings is 1. The zero-order chi connectivity index (χ0) is 18.3. The van der Waals surface area contributed by atoms with Crippen molar-refractivity contribution in [3.63, 3.8) is 0 Å². The lowest BCUT2D eigenvalue weighted by atomic mass is 10.1. The highest BCUT2D eigenvalue weighted by molar-refractivity contribution is 7.13. The van der Waals surface area contributed by atoms with E-state index >= 15 is 0 Å². The van der Waals surface area contributed by atoms with Crippen molar-refractivity contribution in [2.75, 3.05) is 0 Å². The molecule has 8 heteroatoms. The number of nitrogens with zero attached hydrogens (tertiary/aromatic N) is 2. The number of hydrogen-bond donors (Lipinski definition) is 0. The van der Waals surface area contributed by atoms with Crippen LogP contribution in [-0.2, 0) is 4.84 Å². The van der Waals surface area contributed by atoms with Crippen LogP contribution in [0, 0.1) is 5.82 Å². The standard InChI is InChI=1S/C18H9FN2O4S/c19-11-7-5-10(6-8-11)15-20-14(9-26-15)18(24)25-21-16(22)12-3-1-2-4-13(12)17(21)23/h1-9H. The van der Waals surface area contributed by atoms with Crippen molar-refractivity contribution < 1.29 is 23.6 Å². The molecule has 4 rings (SSSR count). The average molecular weight is 368 g/mol. The molecule has 0 aliphatic carbocycles. The number of fused-ring (bicyclic) bond motifs is 1. The largest absolute Gasteiger partial charge is 0.383 e. The number of carbonyl (C=O) groups excluding carboxylic acids is 3. The summed E-state index contributed by atoms with van der Waals surface area (Å²) in [5, 5.41) is 2.36. The molecular formula is C18H9FN2O4S. The van der Waals surface area contributed by atoms with Crippen LogP contribution in [0.25, 0.3) is 10.6 Å². The molecule has 0 spiro atoms. The van der Waals surface area contributed by atoms with Gasteiger partial charge in [-0.25, -0.2) is 14.2 Å². The molecule has 1 aromatic heterocycles. The molecule has 0 saturated carbocycles. The number of halogens is 1. The molecule has 0 fully saturated rings. The number of imide groups is 1. The Labute approximate surface area is 150 Å². The fraction of sp³-hybridized carbons (Fsp3) is 0. The molecular weight excluding hydrogens is 359 g/mol. The number of carbonyl (C=O) groups is 3. The van der Waals surface area contributed by atoms with E-state index in [2.05, 4.69) is 4.98 Å². The molecule has 2 aromatic carbocycles. The van der Waals surface area contributed by atoms with Gasteiger partial charge in [-0.1, -0.05) is 17.2 Å². The van der Waals surface area contributed by atoms with Crippen molar-refractivity contribution in [2.24, 2.45) is 0 Å². The summed E-state index contributed by atoms with van der Waals surface area (Å²) >= 11 is 1.16. The highest BCUT2D eigenvalue weighted by atomic mass is 32.1. The summed E-state index contributed by atoms with van der Waals surface area (Å²) in [5.74, 6) is -2.71. The number of rotatable bonds is 3. The fourth-order valence-corrected chi connectivity index (χ4v) is 3.27. The average Bonchev–Trinajstić information content (AvgIpc) is 3.23. The fourth-order valence-electron chi connectivity index (χ4n) is 2.47. The van der Waals surface area contributed by atoms with Crippen molar-refractivity contribution in [3.05, 3.63) is 76.5 Å². The molecule has 6 nitrogen and oxygen atoms in total. The van der Waals surface area contributed by atoms with E-state index in [1.807, 2.05) is 0 Å². The van der Waals surface area contributed by atoms with Gasteiger partial charge in [-0.05, 0) is 36.4 Å². The Balaban J connectivity index is 1.54. The van der Waals surface area contributed by atoms with Gasteiger partial charge in [-0.3, -0.25) is 9.59 Å². The maximum atomic E-state index is 13.0. The molecule has 128 valence electrons. The molecule has 0 unspecified atom stereocenters. The zero-order valence-electron chi connectivity index (χ0n) is 13.0. The van der Waals surface area contributed by atoms with Gasteiger partial charge in [-0.2, -0.15) is 0 Å². The topological polar surface area (TPSA) is 76.6 Å². The van der Waals surface area contributed by atoms with Crippen LogP contribution < -0.4 is 0 Å². The number of aromatic nitrogens is 1. The van der Waals surface area contributed by atoms with Crippen LogP contribution in [0.5, 0.6) is 0 Å². The highest BCUT2D eigenvalue weighted by Crippen LogP contribution is 2.26. The predicted octanol–water partition coefficient (Wildman–Crippen LogP) is 3.32. The number of amides is 2. The SMILES string of the molecule is O=C(ON1C(=O)c2ccccc2C1=O)c1csc(-c2ccc(F)cc2)n1. The van der Waals surface area contributed by atoms with E-state index in [0.717, 1.165) is 11.3 Å². The Kier molecular flexibility index (Phi) is 3.81. The van der Waals surface area contributed by atoms with E-state index in [-0.39, 0.29) is 22.6 Å². The molecule has 2 heterocycles. The van der Waals surface area contributed by atoms with Gasteiger partial charge in [0, 0.05) is 10.9 Å². The third kappa shape index (κ3) is 2.66. The van der Waals surface area contributed by atoms with E-state index in [1.165, 1.54) is 41.8 Å². The molecule has 1 aliphatic heterocycles. The molecule has 0 N–H and O–H groups in total. The van der Waals surface area contributed by atoms with Gasteiger partial charge in [0.1, 0.15) is 10.8 Å². The molecule has 3 aromatic rings. The predicted molar refractivity (Wildman–Crippen MR) is 89.9 cm³/mol. The van der Waals surface area contributed by atoms with Crippen LogP contribution in [0.2, 0.25) is 0 Å². The number of hydrogen-bond acceptors (Lipinski definition) is 6. The van der Waals surface area contributed by atoms with Gasteiger partial charge in [-0.15, -0.1) is 11.3 Å². The number of hydroxylamine groups is 2. The summed E-state index contributed by atoms with van der Waals surface area (Å²) in [6.07, 6.45) is 0. The number of benzene rings is 2. The van der Waals surface area contributed by atoms with Gasteiger partial charge >= 0.3 is 5.97 Å². The molecule has 1 aliphatic rings. The molecule has 26 heavy (non-hydrogen) atoms. The summed E-state index contributed by atoms with van der Waals surface area (Å²) in [6, 6.07) is 11.8. The van der Waals surface area contributed by atoms with Crippen molar-refractivity contribution in [3.8, 4) is 10.6 Å². The van der Waals surface area contributed by atoms with Crippen molar-refractivity contribution >= 4 is 29.1 Å². The Morgan fingerprint density at radius 1 is 1.00 bits per heavy atom. The van der Waals surface area contributed by atoms with Crippen molar-refractivity contribution in [2.45, 2.75) is 0 Å². The third-order valence-corrected chi connectivity index (χ3v) is 4.63. The first-order chi connectivity index (χ1) is 12.5. The van der Waals surface area contributed by atoms with Crippen LogP contribution in [0.1, 0.15) is 31.2 Å². The minimum Gasteiger partial charge on any atom is -0.322 e. The van der Waals surface area contributed by atoms with Gasteiger partial charge in [0.05, 0.1) is 11.1 Å². The molecule has 0 atom stereocenters. The van der Waals surface area contributed by atoms with Gasteiger partial charge < -0.3 is 4.84 Å². The van der Waals surface area contributed by atoms with Crippen molar-refractivity contribution in [1.29, 1.82) is 0 Å². The first-order valence-electron chi connectivity index (χ1n) is 7.46. The Morgan fingerprint density at radius 2 is 1.62 bits per heavy atom.